The molecule has 0 bridgehead atoms. The van der Waals surface area contributed by atoms with Gasteiger partial charge in [-0.1, -0.05) is 43.8 Å². The van der Waals surface area contributed by atoms with Gasteiger partial charge in [-0.2, -0.15) is 0 Å². The van der Waals surface area contributed by atoms with Crippen molar-refractivity contribution in [3.63, 3.8) is 0 Å². The second-order valence-electron chi connectivity index (χ2n) is 12.8. The Morgan fingerprint density at radius 3 is 1.74 bits per heavy atom. The van der Waals surface area contributed by atoms with Crippen LogP contribution >= 0.6 is 0 Å². The number of benzene rings is 3. The lowest BCUT2D eigenvalue weighted by molar-refractivity contribution is -0.151. The van der Waals surface area contributed by atoms with E-state index in [9.17, 15) is 19.2 Å². The Kier molecular flexibility index (Phi) is 17.2. The summed E-state index contributed by atoms with van der Waals surface area (Å²) in [5, 5.41) is 0. The lowest BCUT2D eigenvalue weighted by atomic mass is 9.98. The SMILES string of the molecule is C=CC(=O)OCCCCCCOc1ccc(C(=O)Oc2ccc(-c3ccc(OCCCCOC(=O)C(=C)CC(=O)OC4CCCCC4)cc3)cc2)cc1. The van der Waals surface area contributed by atoms with Gasteiger partial charge in [0, 0.05) is 11.6 Å². The van der Waals surface area contributed by atoms with E-state index in [4.69, 9.17) is 28.4 Å². The Hall–Kier alpha value is -5.38. The van der Waals surface area contributed by atoms with Crippen molar-refractivity contribution in [2.45, 2.75) is 83.2 Å². The van der Waals surface area contributed by atoms with Gasteiger partial charge in [-0.3, -0.25) is 4.79 Å². The normalized spacial score (nSPS) is 12.6. The van der Waals surface area contributed by atoms with Gasteiger partial charge in [0.15, 0.2) is 0 Å². The van der Waals surface area contributed by atoms with Crippen LogP contribution in [0.2, 0.25) is 0 Å². The van der Waals surface area contributed by atoms with Crippen LogP contribution < -0.4 is 14.2 Å². The third kappa shape index (κ3) is 15.0. The van der Waals surface area contributed by atoms with Crippen LogP contribution in [0.4, 0.5) is 0 Å². The van der Waals surface area contributed by atoms with Gasteiger partial charge in [-0.25, -0.2) is 14.4 Å². The quantitative estimate of drug-likeness (QED) is 0.0326. The smallest absolute Gasteiger partial charge is 0.343 e. The molecule has 3 aromatic rings. The summed E-state index contributed by atoms with van der Waals surface area (Å²) in [6, 6.07) is 21.8. The van der Waals surface area contributed by atoms with Crippen molar-refractivity contribution in [3.8, 4) is 28.4 Å². The third-order valence-corrected chi connectivity index (χ3v) is 8.60. The van der Waals surface area contributed by atoms with Gasteiger partial charge in [0.2, 0.25) is 0 Å². The van der Waals surface area contributed by atoms with E-state index >= 15 is 0 Å². The summed E-state index contributed by atoms with van der Waals surface area (Å²) in [6.07, 6.45) is 10.9. The molecule has 0 radical (unpaired) electrons. The van der Waals surface area contributed by atoms with Crippen molar-refractivity contribution in [2.24, 2.45) is 0 Å². The minimum Gasteiger partial charge on any atom is -0.494 e. The van der Waals surface area contributed by atoms with Gasteiger partial charge in [0.1, 0.15) is 23.4 Å². The molecular weight excluding hydrogens is 676 g/mol. The lowest BCUT2D eigenvalue weighted by Crippen LogP contribution is -2.22. The highest BCUT2D eigenvalue weighted by molar-refractivity contribution is 5.93. The largest absolute Gasteiger partial charge is 0.494 e. The molecule has 0 unspecified atom stereocenters. The highest BCUT2D eigenvalue weighted by Gasteiger charge is 2.20. The second kappa shape index (κ2) is 22.5. The molecule has 10 nitrogen and oxygen atoms in total. The highest BCUT2D eigenvalue weighted by Crippen LogP contribution is 2.26. The van der Waals surface area contributed by atoms with Crippen LogP contribution in [-0.2, 0) is 28.6 Å². The van der Waals surface area contributed by atoms with Crippen LogP contribution in [0, 0.1) is 0 Å². The zero-order valence-electron chi connectivity index (χ0n) is 30.4. The Bertz CT molecular complexity index is 1620. The first kappa shape index (κ1) is 40.4. The van der Waals surface area contributed by atoms with Crippen molar-refractivity contribution < 1.29 is 47.6 Å². The van der Waals surface area contributed by atoms with Crippen LogP contribution in [-0.4, -0.2) is 56.4 Å². The van der Waals surface area contributed by atoms with Gasteiger partial charge < -0.3 is 28.4 Å². The number of carbonyl (C=O) groups is 4. The van der Waals surface area contributed by atoms with Gasteiger partial charge in [0.25, 0.3) is 0 Å². The molecule has 0 aromatic heterocycles. The molecule has 0 heterocycles. The number of esters is 4. The molecule has 0 aliphatic heterocycles. The molecular formula is C43H50O10. The molecule has 0 atom stereocenters. The standard InChI is InChI=1S/C43H50O10/c1-3-40(44)50-29-10-5-4-9-27-48-37-23-19-35(20-24-37)43(47)53-39-25-17-34(18-26-39)33-15-21-36(22-16-33)49-28-11-12-30-51-42(46)32(2)31-41(45)52-38-13-7-6-8-14-38/h3,15-26,38H,1-2,4-14,27-31H2. The van der Waals surface area contributed by atoms with Crippen LogP contribution in [0.25, 0.3) is 11.1 Å². The van der Waals surface area contributed by atoms with Crippen LogP contribution in [0.5, 0.6) is 17.2 Å². The van der Waals surface area contributed by atoms with Crippen molar-refractivity contribution in [1.82, 2.24) is 0 Å². The molecule has 4 rings (SSSR count). The van der Waals surface area contributed by atoms with Crippen molar-refractivity contribution in [3.05, 3.63) is 103 Å². The predicted octanol–water partition coefficient (Wildman–Crippen LogP) is 8.77. The molecule has 10 heteroatoms. The molecule has 0 saturated heterocycles. The molecule has 282 valence electrons. The molecule has 1 fully saturated rings. The van der Waals surface area contributed by atoms with E-state index in [1.807, 2.05) is 36.4 Å². The van der Waals surface area contributed by atoms with Crippen LogP contribution in [0.1, 0.15) is 87.4 Å². The van der Waals surface area contributed by atoms with Gasteiger partial charge in [-0.05, 0) is 124 Å². The summed E-state index contributed by atoms with van der Waals surface area (Å²) >= 11 is 0. The van der Waals surface area contributed by atoms with Gasteiger partial charge in [-0.15, -0.1) is 0 Å². The Balaban J connectivity index is 1.07. The van der Waals surface area contributed by atoms with E-state index in [-0.39, 0.29) is 24.7 Å². The Morgan fingerprint density at radius 1 is 0.623 bits per heavy atom. The first-order valence-corrected chi connectivity index (χ1v) is 18.4. The number of hydrogen-bond acceptors (Lipinski definition) is 10. The number of carbonyl (C=O) groups excluding carboxylic acids is 4. The van der Waals surface area contributed by atoms with Crippen molar-refractivity contribution >= 4 is 23.9 Å². The van der Waals surface area contributed by atoms with E-state index in [1.165, 1.54) is 6.42 Å². The average Bonchev–Trinajstić information content (AvgIpc) is 3.18. The van der Waals surface area contributed by atoms with E-state index in [1.54, 1.807) is 36.4 Å². The van der Waals surface area contributed by atoms with E-state index < -0.39 is 23.9 Å². The first-order valence-electron chi connectivity index (χ1n) is 18.4. The van der Waals surface area contributed by atoms with Crippen LogP contribution in [0.3, 0.4) is 0 Å². The van der Waals surface area contributed by atoms with Crippen molar-refractivity contribution in [1.29, 1.82) is 0 Å². The summed E-state index contributed by atoms with van der Waals surface area (Å²) in [6.45, 7) is 8.68. The summed E-state index contributed by atoms with van der Waals surface area (Å²) in [7, 11) is 0. The average molecular weight is 727 g/mol. The summed E-state index contributed by atoms with van der Waals surface area (Å²) < 4.78 is 32.8. The second-order valence-corrected chi connectivity index (χ2v) is 12.8. The maximum absolute atomic E-state index is 12.7. The number of rotatable bonds is 22. The van der Waals surface area contributed by atoms with Gasteiger partial charge in [0.05, 0.1) is 38.4 Å². The molecule has 53 heavy (non-hydrogen) atoms. The fourth-order valence-corrected chi connectivity index (χ4v) is 5.61. The Morgan fingerprint density at radius 2 is 1.13 bits per heavy atom. The van der Waals surface area contributed by atoms with Crippen molar-refractivity contribution in [2.75, 3.05) is 26.4 Å². The summed E-state index contributed by atoms with van der Waals surface area (Å²) in [5.74, 6) is -0.0292. The Labute approximate surface area is 312 Å². The molecule has 0 N–H and O–H groups in total. The molecule has 1 saturated carbocycles. The minimum atomic E-state index is -0.576. The first-order chi connectivity index (χ1) is 25.8. The maximum atomic E-state index is 12.7. The molecule has 0 amide bonds. The highest BCUT2D eigenvalue weighted by atomic mass is 16.6. The molecule has 1 aliphatic rings. The maximum Gasteiger partial charge on any atom is 0.343 e. The van der Waals surface area contributed by atoms with E-state index in [2.05, 4.69) is 13.2 Å². The zero-order chi connectivity index (χ0) is 37.7. The van der Waals surface area contributed by atoms with Crippen LogP contribution in [0.15, 0.2) is 97.6 Å². The lowest BCUT2D eigenvalue weighted by Gasteiger charge is -2.21. The topological polar surface area (TPSA) is 124 Å². The monoisotopic (exact) mass is 726 g/mol. The predicted molar refractivity (Wildman–Crippen MR) is 201 cm³/mol. The van der Waals surface area contributed by atoms with Gasteiger partial charge >= 0.3 is 23.9 Å². The summed E-state index contributed by atoms with van der Waals surface area (Å²) in [4.78, 5) is 48.0. The summed E-state index contributed by atoms with van der Waals surface area (Å²) in [5.41, 5.74) is 2.46. The number of hydrogen-bond donors (Lipinski definition) is 0. The number of unbranched alkanes of at least 4 members (excludes halogenated alkanes) is 4. The van der Waals surface area contributed by atoms with E-state index in [0.717, 1.165) is 74.3 Å². The fraction of sp³-hybridized carbons (Fsp3) is 0.395. The molecule has 0 spiro atoms. The third-order valence-electron chi connectivity index (χ3n) is 8.60. The minimum absolute atomic E-state index is 0.0522. The number of ether oxygens (including phenoxy) is 6. The van der Waals surface area contributed by atoms with E-state index in [0.29, 0.717) is 49.7 Å². The fourth-order valence-electron chi connectivity index (χ4n) is 5.61. The molecule has 3 aromatic carbocycles. The zero-order valence-corrected chi connectivity index (χ0v) is 30.4. The molecule has 1 aliphatic carbocycles.